The Balaban J connectivity index is 2.42. The highest BCUT2D eigenvalue weighted by Gasteiger charge is 2.36. The first-order valence-corrected chi connectivity index (χ1v) is 7.04. The van der Waals surface area contributed by atoms with Gasteiger partial charge in [-0.25, -0.2) is 13.1 Å². The first-order chi connectivity index (χ1) is 9.00. The maximum Gasteiger partial charge on any atom is 0.266 e. The smallest absolute Gasteiger partial charge is 0.266 e. The Kier molecular flexibility index (Phi) is 2.36. The van der Waals surface area contributed by atoms with Crippen LogP contribution in [0.2, 0.25) is 0 Å². The third-order valence-electron chi connectivity index (χ3n) is 2.99. The van der Waals surface area contributed by atoms with Crippen molar-refractivity contribution in [3.63, 3.8) is 0 Å². The van der Waals surface area contributed by atoms with E-state index < -0.39 is 15.9 Å². The molecular weight excluding hydrogens is 264 g/mol. The average Bonchev–Trinajstić information content (AvgIpc) is 2.61. The lowest BCUT2D eigenvalue weighted by atomic mass is 10.0. The molecule has 1 amide bonds. The van der Waals surface area contributed by atoms with Crippen molar-refractivity contribution < 1.29 is 13.2 Å². The van der Waals surface area contributed by atoms with Crippen molar-refractivity contribution in [3.8, 4) is 11.1 Å². The van der Waals surface area contributed by atoms with Crippen LogP contribution in [0.25, 0.3) is 11.1 Å². The molecule has 0 unspecified atom stereocenters. The van der Waals surface area contributed by atoms with Crippen molar-refractivity contribution in [2.45, 2.75) is 4.90 Å². The molecule has 0 spiro atoms. The standard InChI is InChI=1S/C13H10N2O3S/c14-10-7-6-9-12(19(17,18)15-13(9)16)11(10)8-4-2-1-3-5-8/h1-7H,14H2,(H,15,16). The molecule has 2 aromatic rings. The maximum absolute atomic E-state index is 12.0. The maximum atomic E-state index is 12.0. The summed E-state index contributed by atoms with van der Waals surface area (Å²) >= 11 is 0. The van der Waals surface area contributed by atoms with Gasteiger partial charge in [-0.15, -0.1) is 0 Å². The molecule has 1 aliphatic rings. The number of amides is 1. The Morgan fingerprint density at radius 3 is 2.37 bits per heavy atom. The second-order valence-corrected chi connectivity index (χ2v) is 5.83. The predicted octanol–water partition coefficient (Wildman–Crippen LogP) is 1.37. The molecule has 6 heteroatoms. The van der Waals surface area contributed by atoms with Crippen LogP contribution in [0.5, 0.6) is 0 Å². The number of nitrogen functional groups attached to an aromatic ring is 1. The van der Waals surface area contributed by atoms with Crippen molar-refractivity contribution in [3.05, 3.63) is 48.0 Å². The highest BCUT2D eigenvalue weighted by molar-refractivity contribution is 7.90. The van der Waals surface area contributed by atoms with Gasteiger partial charge in [-0.2, -0.15) is 0 Å². The van der Waals surface area contributed by atoms with Crippen LogP contribution in [-0.2, 0) is 10.0 Å². The molecule has 0 aliphatic carbocycles. The van der Waals surface area contributed by atoms with Crippen LogP contribution in [0.4, 0.5) is 5.69 Å². The van der Waals surface area contributed by atoms with E-state index in [9.17, 15) is 13.2 Å². The van der Waals surface area contributed by atoms with Crippen molar-refractivity contribution in [1.29, 1.82) is 0 Å². The van der Waals surface area contributed by atoms with Gasteiger partial charge in [-0.05, 0) is 17.7 Å². The summed E-state index contributed by atoms with van der Waals surface area (Å²) in [5.41, 5.74) is 7.38. The van der Waals surface area contributed by atoms with Gasteiger partial charge in [0.15, 0.2) is 0 Å². The summed E-state index contributed by atoms with van der Waals surface area (Å²) in [5, 5.41) is 0. The number of hydrogen-bond donors (Lipinski definition) is 2. The third-order valence-corrected chi connectivity index (χ3v) is 4.41. The van der Waals surface area contributed by atoms with Crippen molar-refractivity contribution >= 4 is 21.6 Å². The van der Waals surface area contributed by atoms with Gasteiger partial charge >= 0.3 is 0 Å². The lowest BCUT2D eigenvalue weighted by molar-refractivity contribution is 0.0985. The molecule has 3 rings (SSSR count). The summed E-state index contributed by atoms with van der Waals surface area (Å²) in [7, 11) is -3.84. The summed E-state index contributed by atoms with van der Waals surface area (Å²) in [5.74, 6) is -0.618. The van der Waals surface area contributed by atoms with Gasteiger partial charge in [0.25, 0.3) is 15.9 Å². The second kappa shape index (κ2) is 3.83. The number of hydrogen-bond acceptors (Lipinski definition) is 4. The SMILES string of the molecule is Nc1ccc2c(c1-c1ccccc1)S(=O)(=O)NC2=O. The number of benzene rings is 2. The monoisotopic (exact) mass is 274 g/mol. The molecule has 0 bridgehead atoms. The lowest BCUT2D eigenvalue weighted by Crippen LogP contribution is -2.21. The quantitative estimate of drug-likeness (QED) is 0.768. The van der Waals surface area contributed by atoms with E-state index in [1.165, 1.54) is 6.07 Å². The van der Waals surface area contributed by atoms with Gasteiger partial charge in [-0.1, -0.05) is 30.3 Å². The Hall–Kier alpha value is -2.34. The molecule has 1 heterocycles. The van der Waals surface area contributed by atoms with Gasteiger partial charge in [-0.3, -0.25) is 4.79 Å². The number of sulfonamides is 1. The van der Waals surface area contributed by atoms with Crippen molar-refractivity contribution in [2.24, 2.45) is 0 Å². The first-order valence-electron chi connectivity index (χ1n) is 5.56. The fourth-order valence-electron chi connectivity index (χ4n) is 2.19. The Bertz CT molecular complexity index is 783. The number of carbonyl (C=O) groups is 1. The molecule has 1 aliphatic heterocycles. The molecule has 0 fully saturated rings. The summed E-state index contributed by atoms with van der Waals surface area (Å²) in [4.78, 5) is 11.6. The molecule has 2 aromatic carbocycles. The molecule has 0 aromatic heterocycles. The summed E-state index contributed by atoms with van der Waals surface area (Å²) in [6.45, 7) is 0. The minimum absolute atomic E-state index is 0.0382. The van der Waals surface area contributed by atoms with Crippen LogP contribution in [0.1, 0.15) is 10.4 Å². The number of fused-ring (bicyclic) bond motifs is 1. The molecule has 5 nitrogen and oxygen atoms in total. The highest BCUT2D eigenvalue weighted by atomic mass is 32.2. The second-order valence-electron chi connectivity index (χ2n) is 4.21. The third kappa shape index (κ3) is 1.68. The Morgan fingerprint density at radius 2 is 1.68 bits per heavy atom. The minimum Gasteiger partial charge on any atom is -0.398 e. The van der Waals surface area contributed by atoms with E-state index in [-0.39, 0.29) is 10.5 Å². The molecule has 19 heavy (non-hydrogen) atoms. The molecule has 0 radical (unpaired) electrons. The number of nitrogens with one attached hydrogen (secondary N) is 1. The average molecular weight is 274 g/mol. The summed E-state index contributed by atoms with van der Waals surface area (Å²) in [6.07, 6.45) is 0. The van der Waals surface area contributed by atoms with E-state index in [1.807, 2.05) is 10.8 Å². The van der Waals surface area contributed by atoms with Crippen LogP contribution in [-0.4, -0.2) is 14.3 Å². The Morgan fingerprint density at radius 1 is 1.00 bits per heavy atom. The van der Waals surface area contributed by atoms with E-state index in [0.29, 0.717) is 16.8 Å². The van der Waals surface area contributed by atoms with Gasteiger partial charge in [0.2, 0.25) is 0 Å². The zero-order valence-electron chi connectivity index (χ0n) is 9.75. The topological polar surface area (TPSA) is 89.3 Å². The van der Waals surface area contributed by atoms with Crippen LogP contribution in [0, 0.1) is 0 Å². The van der Waals surface area contributed by atoms with Gasteiger partial charge in [0.05, 0.1) is 5.56 Å². The highest BCUT2D eigenvalue weighted by Crippen LogP contribution is 2.37. The number of rotatable bonds is 1. The number of carbonyl (C=O) groups excluding carboxylic acids is 1. The molecular formula is C13H10N2O3S. The van der Waals surface area contributed by atoms with Gasteiger partial charge in [0, 0.05) is 11.3 Å². The van der Waals surface area contributed by atoms with Gasteiger partial charge < -0.3 is 5.73 Å². The fourth-order valence-corrected chi connectivity index (χ4v) is 3.60. The van der Waals surface area contributed by atoms with Crippen molar-refractivity contribution in [2.75, 3.05) is 5.73 Å². The predicted molar refractivity (Wildman–Crippen MR) is 70.9 cm³/mol. The van der Waals surface area contributed by atoms with E-state index in [1.54, 1.807) is 30.3 Å². The lowest BCUT2D eigenvalue weighted by Gasteiger charge is -2.09. The normalized spacial score (nSPS) is 15.9. The summed E-state index contributed by atoms with van der Waals surface area (Å²) < 4.78 is 26.0. The first kappa shape index (κ1) is 11.7. The molecule has 0 atom stereocenters. The van der Waals surface area contributed by atoms with Crippen LogP contribution < -0.4 is 10.5 Å². The van der Waals surface area contributed by atoms with E-state index in [4.69, 9.17) is 5.73 Å². The molecule has 3 N–H and O–H groups in total. The summed E-state index contributed by atoms with van der Waals surface area (Å²) in [6, 6.07) is 11.9. The minimum atomic E-state index is -3.84. The molecule has 96 valence electrons. The van der Waals surface area contributed by atoms with Crippen LogP contribution in [0.3, 0.4) is 0 Å². The zero-order valence-corrected chi connectivity index (χ0v) is 10.6. The van der Waals surface area contributed by atoms with E-state index in [2.05, 4.69) is 0 Å². The molecule has 0 saturated heterocycles. The number of nitrogens with two attached hydrogens (primary N) is 1. The number of anilines is 1. The van der Waals surface area contributed by atoms with E-state index >= 15 is 0 Å². The fraction of sp³-hybridized carbons (Fsp3) is 0. The Labute approximate surface area is 110 Å². The zero-order chi connectivity index (χ0) is 13.6. The van der Waals surface area contributed by atoms with Gasteiger partial charge in [0.1, 0.15) is 4.90 Å². The molecule has 0 saturated carbocycles. The van der Waals surface area contributed by atoms with Crippen LogP contribution >= 0.6 is 0 Å². The largest absolute Gasteiger partial charge is 0.398 e. The van der Waals surface area contributed by atoms with Crippen LogP contribution in [0.15, 0.2) is 47.4 Å². The van der Waals surface area contributed by atoms with E-state index in [0.717, 1.165) is 0 Å². The van der Waals surface area contributed by atoms with Crippen molar-refractivity contribution in [1.82, 2.24) is 4.72 Å².